The van der Waals surface area contributed by atoms with Gasteiger partial charge in [0.05, 0.1) is 6.42 Å². The van der Waals surface area contributed by atoms with Crippen molar-refractivity contribution in [3.8, 4) is 0 Å². The Kier molecular flexibility index (Phi) is 19.0. The van der Waals surface area contributed by atoms with Gasteiger partial charge in [-0.05, 0) is 104 Å². The van der Waals surface area contributed by atoms with Crippen LogP contribution in [0.5, 0.6) is 0 Å². The highest BCUT2D eigenvalue weighted by Gasteiger charge is 2.30. The van der Waals surface area contributed by atoms with Crippen LogP contribution in [-0.2, 0) is 35.2 Å². The number of carboxylic acids is 2. The van der Waals surface area contributed by atoms with Crippen LogP contribution in [0.1, 0.15) is 70.3 Å². The second-order valence-corrected chi connectivity index (χ2v) is 13.4. The number of carbonyl (C=O) groups excluding carboxylic acids is 4. The van der Waals surface area contributed by atoms with Crippen molar-refractivity contribution in [2.45, 2.75) is 89.3 Å². The van der Waals surface area contributed by atoms with Gasteiger partial charge in [0.15, 0.2) is 0 Å². The number of aryl methyl sites for hydroxylation is 1. The van der Waals surface area contributed by atoms with Gasteiger partial charge in [-0.15, -0.1) is 0 Å². The first-order chi connectivity index (χ1) is 23.8. The molecule has 0 saturated heterocycles. The van der Waals surface area contributed by atoms with Crippen molar-refractivity contribution in [2.75, 3.05) is 27.2 Å². The minimum Gasteiger partial charge on any atom is -0.481 e. The summed E-state index contributed by atoms with van der Waals surface area (Å²) in [6.45, 7) is 3.49. The third-order valence-electron chi connectivity index (χ3n) is 8.13. The minimum atomic E-state index is -1.69. The predicted octanol–water partition coefficient (Wildman–Crippen LogP) is 1.76. The van der Waals surface area contributed by atoms with Gasteiger partial charge in [0, 0.05) is 49.0 Å². The van der Waals surface area contributed by atoms with Crippen LogP contribution in [0.4, 0.5) is 0 Å². The number of halogens is 1. The van der Waals surface area contributed by atoms with Crippen molar-refractivity contribution in [3.05, 3.63) is 45.2 Å². The van der Waals surface area contributed by atoms with E-state index in [1.54, 1.807) is 0 Å². The van der Waals surface area contributed by atoms with Gasteiger partial charge < -0.3 is 36.8 Å². The van der Waals surface area contributed by atoms with Crippen LogP contribution in [0, 0.1) is 9.49 Å². The van der Waals surface area contributed by atoms with Gasteiger partial charge in [-0.2, -0.15) is 5.10 Å². The van der Waals surface area contributed by atoms with Crippen LogP contribution in [0.25, 0.3) is 0 Å². The Morgan fingerprint density at radius 2 is 1.56 bits per heavy atom. The summed E-state index contributed by atoms with van der Waals surface area (Å²) in [6.07, 6.45) is 5.97. The fourth-order valence-corrected chi connectivity index (χ4v) is 5.60. The summed E-state index contributed by atoms with van der Waals surface area (Å²) < 4.78 is 1.08. The molecular weight excluding hydrogens is 761 g/mol. The number of unbranched alkanes of at least 4 members (excludes halogenated alkanes) is 1. The molecule has 4 unspecified atom stereocenters. The third kappa shape index (κ3) is 16.1. The lowest BCUT2D eigenvalue weighted by atomic mass is 9.99. The number of nitrogens with zero attached hydrogens (tertiary/aromatic N) is 2. The molecule has 0 aliphatic carbocycles. The average molecular weight is 812 g/mol. The highest BCUT2D eigenvalue weighted by atomic mass is 127. The van der Waals surface area contributed by atoms with Crippen molar-refractivity contribution in [1.29, 1.82) is 0 Å². The summed E-state index contributed by atoms with van der Waals surface area (Å²) in [5, 5.41) is 38.3. The molecule has 276 valence electrons. The second-order valence-electron chi connectivity index (χ2n) is 12.2. The Morgan fingerprint density at radius 1 is 0.880 bits per heavy atom. The molecule has 1 aromatic rings. The van der Waals surface area contributed by atoms with E-state index >= 15 is 0 Å². The molecule has 0 aromatic heterocycles. The van der Waals surface area contributed by atoms with Crippen molar-refractivity contribution in [1.82, 2.24) is 31.6 Å². The van der Waals surface area contributed by atoms with E-state index in [0.717, 1.165) is 22.1 Å². The number of carbonyl (C=O) groups is 6. The molecule has 1 heterocycles. The molecule has 50 heavy (non-hydrogen) atoms. The van der Waals surface area contributed by atoms with E-state index in [1.807, 2.05) is 48.7 Å². The van der Waals surface area contributed by atoms with E-state index in [9.17, 15) is 33.9 Å². The minimum absolute atomic E-state index is 0.0625. The molecule has 1 aromatic carbocycles. The summed E-state index contributed by atoms with van der Waals surface area (Å²) in [6, 6.07) is 3.84. The average Bonchev–Trinajstić information content (AvgIpc) is 3.24. The van der Waals surface area contributed by atoms with Crippen molar-refractivity contribution in [3.63, 3.8) is 0 Å². The van der Waals surface area contributed by atoms with E-state index < -0.39 is 66.5 Å². The molecule has 0 radical (unpaired) electrons. The molecule has 0 saturated carbocycles. The molecule has 0 spiro atoms. The number of likely N-dealkylation sites (N-methyl/N-ethyl adjacent to an activating group) is 2. The number of amides is 4. The first-order valence-electron chi connectivity index (χ1n) is 16.8. The maximum absolute atomic E-state index is 13.1. The SMILES string of the molecule is CNCC1=CN(CCCCC(NC(=O)CC(NC(=O)C(CCC(=O)O)NC(=O)CCCc2ccc(I)cc2)C(=O)O)C(=O)NC)N=CCC1C. The summed E-state index contributed by atoms with van der Waals surface area (Å²) in [7, 11) is 3.31. The van der Waals surface area contributed by atoms with Crippen molar-refractivity contribution < 1.29 is 39.0 Å². The first kappa shape index (κ1) is 42.1. The number of hydrogen-bond acceptors (Lipinski definition) is 9. The monoisotopic (exact) mass is 811 g/mol. The summed E-state index contributed by atoms with van der Waals surface area (Å²) in [4.78, 5) is 74.5. The van der Waals surface area contributed by atoms with E-state index in [2.05, 4.69) is 61.2 Å². The molecule has 1 aliphatic rings. The van der Waals surface area contributed by atoms with Gasteiger partial charge in [0.25, 0.3) is 0 Å². The molecule has 0 bridgehead atoms. The topological polar surface area (TPSA) is 219 Å². The van der Waals surface area contributed by atoms with Gasteiger partial charge in [-0.1, -0.05) is 19.1 Å². The maximum Gasteiger partial charge on any atom is 0.326 e. The van der Waals surface area contributed by atoms with Gasteiger partial charge >= 0.3 is 11.9 Å². The Balaban J connectivity index is 1.95. The number of hydrazone groups is 1. The predicted molar refractivity (Wildman–Crippen MR) is 196 cm³/mol. The van der Waals surface area contributed by atoms with Crippen LogP contribution in [0.2, 0.25) is 0 Å². The Bertz CT molecular complexity index is 1370. The Labute approximate surface area is 306 Å². The molecule has 16 heteroatoms. The fourth-order valence-electron chi connectivity index (χ4n) is 5.24. The quantitative estimate of drug-likeness (QED) is 0.0665. The molecule has 2 rings (SSSR count). The summed E-state index contributed by atoms with van der Waals surface area (Å²) >= 11 is 2.19. The van der Waals surface area contributed by atoms with Crippen LogP contribution >= 0.6 is 22.6 Å². The van der Waals surface area contributed by atoms with Crippen molar-refractivity contribution >= 4 is 64.4 Å². The number of aliphatic carboxylic acids is 2. The van der Waals surface area contributed by atoms with Gasteiger partial charge in [0.2, 0.25) is 23.6 Å². The second kappa shape index (κ2) is 22.6. The van der Waals surface area contributed by atoms with Gasteiger partial charge in [-0.3, -0.25) is 29.0 Å². The lowest BCUT2D eigenvalue weighted by molar-refractivity contribution is -0.144. The number of nitrogens with one attached hydrogen (secondary N) is 5. The standard InChI is InChI=1S/C34H50IN7O8/c1-22-16-17-38-42(21-24(22)20-36-2)18-5-4-8-26(32(47)37-3)40-30(44)19-28(34(49)50)41-33(48)27(14-15-31(45)46)39-29(43)9-6-7-23-10-12-25(35)13-11-23/h10-13,17,21-22,26-28,36H,4-9,14-16,18-20H2,1-3H3,(H,37,47)(H,39,43)(H,40,44)(H,41,48)(H,45,46)(H,49,50). The number of benzene rings is 1. The third-order valence-corrected chi connectivity index (χ3v) is 8.85. The number of hydrogen-bond donors (Lipinski definition) is 7. The Morgan fingerprint density at radius 3 is 2.20 bits per heavy atom. The fraction of sp³-hybridized carbons (Fsp3) is 0.559. The zero-order valence-electron chi connectivity index (χ0n) is 28.9. The van der Waals surface area contributed by atoms with Crippen LogP contribution in [-0.4, -0.2) is 102 Å². The van der Waals surface area contributed by atoms with E-state index in [0.29, 0.717) is 38.1 Å². The molecular formula is C34H50IN7O8. The van der Waals surface area contributed by atoms with E-state index in [1.165, 1.54) is 12.6 Å². The largest absolute Gasteiger partial charge is 0.481 e. The number of rotatable bonds is 22. The van der Waals surface area contributed by atoms with Crippen molar-refractivity contribution in [2.24, 2.45) is 11.0 Å². The van der Waals surface area contributed by atoms with Gasteiger partial charge in [0.1, 0.15) is 18.1 Å². The molecule has 1 aliphatic heterocycles. The molecule has 0 fully saturated rings. The van der Waals surface area contributed by atoms with E-state index in [4.69, 9.17) is 5.11 Å². The molecule has 15 nitrogen and oxygen atoms in total. The molecule has 4 atom stereocenters. The first-order valence-corrected chi connectivity index (χ1v) is 17.8. The Hall–Kier alpha value is -4.06. The lowest BCUT2D eigenvalue weighted by Gasteiger charge is -2.22. The highest BCUT2D eigenvalue weighted by molar-refractivity contribution is 14.1. The van der Waals surface area contributed by atoms with Gasteiger partial charge in [-0.25, -0.2) is 4.79 Å². The maximum atomic E-state index is 13.1. The molecule has 4 amide bonds. The van der Waals surface area contributed by atoms with Crippen LogP contribution in [0.15, 0.2) is 41.1 Å². The van der Waals surface area contributed by atoms with Crippen LogP contribution in [0.3, 0.4) is 0 Å². The lowest BCUT2D eigenvalue weighted by Crippen LogP contribution is -2.53. The normalized spacial score (nSPS) is 15.9. The highest BCUT2D eigenvalue weighted by Crippen LogP contribution is 2.18. The van der Waals surface area contributed by atoms with Crippen LogP contribution < -0.4 is 26.6 Å². The smallest absolute Gasteiger partial charge is 0.326 e. The van der Waals surface area contributed by atoms with E-state index in [-0.39, 0.29) is 19.3 Å². The zero-order chi connectivity index (χ0) is 37.1. The number of carboxylic acid groups (broad SMARTS) is 2. The molecule has 7 N–H and O–H groups in total. The summed E-state index contributed by atoms with van der Waals surface area (Å²) in [5.74, 6) is -5.01. The summed E-state index contributed by atoms with van der Waals surface area (Å²) in [5.41, 5.74) is 2.26. The zero-order valence-corrected chi connectivity index (χ0v) is 31.0.